The summed E-state index contributed by atoms with van der Waals surface area (Å²) in [6.45, 7) is 8.67. The topological polar surface area (TPSA) is 53.9 Å². The number of nitrogens with one attached hydrogen (secondary N) is 2. The first kappa shape index (κ1) is 20.1. The molecule has 0 saturated carbocycles. The molecule has 2 atom stereocenters. The van der Waals surface area contributed by atoms with Crippen molar-refractivity contribution in [1.29, 1.82) is 0 Å². The molecule has 1 unspecified atom stereocenters. The second-order valence-corrected chi connectivity index (χ2v) is 8.08. The number of fused-ring (bicyclic) bond motifs is 1. The summed E-state index contributed by atoms with van der Waals surface area (Å²) in [5.74, 6) is -0.0133. The largest absolute Gasteiger partial charge is 0.322 e. The van der Waals surface area contributed by atoms with Crippen molar-refractivity contribution in [3.8, 4) is 0 Å². The van der Waals surface area contributed by atoms with Crippen LogP contribution in [-0.2, 0) is 16.0 Å². The Bertz CT molecular complexity index is 883. The summed E-state index contributed by atoms with van der Waals surface area (Å²) in [7, 11) is 1.89. The van der Waals surface area contributed by atoms with Crippen molar-refractivity contribution in [2.75, 3.05) is 30.4 Å². The Morgan fingerprint density at radius 2 is 1.75 bits per heavy atom. The van der Waals surface area contributed by atoms with Crippen LogP contribution in [0.1, 0.15) is 29.2 Å². The van der Waals surface area contributed by atoms with E-state index in [1.165, 1.54) is 11.1 Å². The molecule has 0 radical (unpaired) electrons. The van der Waals surface area contributed by atoms with Gasteiger partial charge in [-0.15, -0.1) is 0 Å². The number of carbonyl (C=O) groups excluding carboxylic acids is 2. The van der Waals surface area contributed by atoms with Gasteiger partial charge in [-0.2, -0.15) is 0 Å². The Hall–Kier alpha value is -2.66. The lowest BCUT2D eigenvalue weighted by molar-refractivity contribution is -0.862. The Morgan fingerprint density at radius 3 is 2.43 bits per heavy atom. The standard InChI is InChI=1S/C23H29N3O2/c1-15-10-16(2)23(17(3)11-15)24-21(27)13-25(5)14-22(28)26-18(4)12-19-8-6-7-9-20(19)26/h6-11,18H,12-14H2,1-5H3,(H,24,27)/p+1/t18-/m1/s1. The van der Waals surface area contributed by atoms with Gasteiger partial charge >= 0.3 is 0 Å². The molecule has 2 aromatic carbocycles. The number of carbonyl (C=O) groups is 2. The van der Waals surface area contributed by atoms with Crippen molar-refractivity contribution in [2.24, 2.45) is 0 Å². The first-order valence-electron chi connectivity index (χ1n) is 9.85. The minimum atomic E-state index is -0.0739. The number of hydrogen-bond acceptors (Lipinski definition) is 2. The number of amides is 2. The summed E-state index contributed by atoms with van der Waals surface area (Å²) in [6.07, 6.45) is 0.882. The molecule has 0 fully saturated rings. The van der Waals surface area contributed by atoms with Crippen LogP contribution in [0.15, 0.2) is 36.4 Å². The molecule has 28 heavy (non-hydrogen) atoms. The highest BCUT2D eigenvalue weighted by molar-refractivity contribution is 5.97. The minimum Gasteiger partial charge on any atom is -0.322 e. The third-order valence-electron chi connectivity index (χ3n) is 5.33. The fourth-order valence-electron chi connectivity index (χ4n) is 4.19. The maximum atomic E-state index is 12.9. The van der Waals surface area contributed by atoms with Gasteiger partial charge in [0.1, 0.15) is 0 Å². The monoisotopic (exact) mass is 380 g/mol. The molecule has 2 amide bonds. The Kier molecular flexibility index (Phi) is 5.84. The van der Waals surface area contributed by atoms with Crippen LogP contribution in [0.5, 0.6) is 0 Å². The Labute approximate surface area is 167 Å². The third-order valence-corrected chi connectivity index (χ3v) is 5.33. The summed E-state index contributed by atoms with van der Waals surface area (Å²) in [4.78, 5) is 28.2. The van der Waals surface area contributed by atoms with Gasteiger partial charge in [-0.05, 0) is 56.9 Å². The van der Waals surface area contributed by atoms with Gasteiger partial charge in [0.15, 0.2) is 13.1 Å². The van der Waals surface area contributed by atoms with Gasteiger partial charge in [-0.1, -0.05) is 35.9 Å². The van der Waals surface area contributed by atoms with Gasteiger partial charge < -0.3 is 15.1 Å². The molecule has 2 aromatic rings. The van der Waals surface area contributed by atoms with Gasteiger partial charge in [0, 0.05) is 17.4 Å². The van der Waals surface area contributed by atoms with Crippen LogP contribution in [0.3, 0.4) is 0 Å². The van der Waals surface area contributed by atoms with Crippen LogP contribution in [0.4, 0.5) is 11.4 Å². The summed E-state index contributed by atoms with van der Waals surface area (Å²) >= 11 is 0. The number of likely N-dealkylation sites (N-methyl/N-ethyl adjacent to an activating group) is 1. The van der Waals surface area contributed by atoms with Gasteiger partial charge in [0.05, 0.1) is 7.05 Å². The third kappa shape index (κ3) is 4.25. The molecule has 2 N–H and O–H groups in total. The van der Waals surface area contributed by atoms with E-state index in [9.17, 15) is 9.59 Å². The van der Waals surface area contributed by atoms with E-state index in [0.717, 1.165) is 33.8 Å². The van der Waals surface area contributed by atoms with Crippen molar-refractivity contribution in [3.05, 3.63) is 58.7 Å². The predicted molar refractivity (Wildman–Crippen MR) is 113 cm³/mol. The van der Waals surface area contributed by atoms with E-state index in [1.54, 1.807) is 0 Å². The number of benzene rings is 2. The molecule has 5 heteroatoms. The van der Waals surface area contributed by atoms with Crippen LogP contribution in [-0.4, -0.2) is 38.0 Å². The van der Waals surface area contributed by atoms with Crippen molar-refractivity contribution < 1.29 is 14.5 Å². The number of rotatable bonds is 5. The molecule has 1 aliphatic heterocycles. The maximum Gasteiger partial charge on any atom is 0.282 e. The fraction of sp³-hybridized carbons (Fsp3) is 0.391. The fourth-order valence-corrected chi connectivity index (χ4v) is 4.19. The predicted octanol–water partition coefficient (Wildman–Crippen LogP) is 2.04. The Balaban J connectivity index is 1.60. The van der Waals surface area contributed by atoms with E-state index in [2.05, 4.69) is 30.4 Å². The highest BCUT2D eigenvalue weighted by atomic mass is 16.2. The number of quaternary nitrogens is 1. The zero-order valence-electron chi connectivity index (χ0n) is 17.4. The van der Waals surface area contributed by atoms with Crippen LogP contribution in [0.2, 0.25) is 0 Å². The highest BCUT2D eigenvalue weighted by Gasteiger charge is 2.32. The van der Waals surface area contributed by atoms with Crippen LogP contribution in [0.25, 0.3) is 0 Å². The van der Waals surface area contributed by atoms with Crippen LogP contribution < -0.4 is 15.1 Å². The van der Waals surface area contributed by atoms with Crippen molar-refractivity contribution in [3.63, 3.8) is 0 Å². The second-order valence-electron chi connectivity index (χ2n) is 8.08. The summed E-state index contributed by atoms with van der Waals surface area (Å²) < 4.78 is 0. The SMILES string of the molecule is Cc1cc(C)c(NC(=O)C[NH+](C)CC(=O)N2c3ccccc3C[C@H]2C)c(C)c1. The van der Waals surface area contributed by atoms with E-state index in [-0.39, 0.29) is 30.9 Å². The van der Waals surface area contributed by atoms with Crippen molar-refractivity contribution >= 4 is 23.2 Å². The van der Waals surface area contributed by atoms with E-state index >= 15 is 0 Å². The van der Waals surface area contributed by atoms with Crippen LogP contribution in [0, 0.1) is 20.8 Å². The van der Waals surface area contributed by atoms with Crippen molar-refractivity contribution in [2.45, 2.75) is 40.2 Å². The number of aryl methyl sites for hydroxylation is 3. The summed E-state index contributed by atoms with van der Waals surface area (Å²) in [5, 5.41) is 3.02. The molecule has 0 aromatic heterocycles. The summed E-state index contributed by atoms with van der Waals surface area (Å²) in [6, 6.07) is 12.3. The lowest BCUT2D eigenvalue weighted by Gasteiger charge is -2.24. The lowest BCUT2D eigenvalue weighted by Crippen LogP contribution is -3.11. The molecule has 1 aliphatic rings. The normalized spacial score (nSPS) is 16.6. The number of para-hydroxylation sites is 1. The zero-order valence-corrected chi connectivity index (χ0v) is 17.4. The number of nitrogens with zero attached hydrogens (tertiary/aromatic N) is 1. The van der Waals surface area contributed by atoms with E-state index < -0.39 is 0 Å². The molecule has 148 valence electrons. The van der Waals surface area contributed by atoms with E-state index in [1.807, 2.05) is 50.9 Å². The highest BCUT2D eigenvalue weighted by Crippen LogP contribution is 2.31. The summed E-state index contributed by atoms with van der Waals surface area (Å²) in [5.41, 5.74) is 6.38. The van der Waals surface area contributed by atoms with E-state index in [0.29, 0.717) is 0 Å². The molecule has 1 heterocycles. The van der Waals surface area contributed by atoms with Crippen molar-refractivity contribution in [1.82, 2.24) is 0 Å². The first-order chi connectivity index (χ1) is 13.3. The molecular formula is C23H30N3O2+. The maximum absolute atomic E-state index is 12.9. The molecular weight excluding hydrogens is 350 g/mol. The molecule has 5 nitrogen and oxygen atoms in total. The van der Waals surface area contributed by atoms with Gasteiger partial charge in [-0.25, -0.2) is 0 Å². The smallest absolute Gasteiger partial charge is 0.282 e. The van der Waals surface area contributed by atoms with Gasteiger partial charge in [-0.3, -0.25) is 9.59 Å². The van der Waals surface area contributed by atoms with Crippen LogP contribution >= 0.6 is 0 Å². The average Bonchev–Trinajstić information content (AvgIpc) is 2.93. The molecule has 0 bridgehead atoms. The lowest BCUT2D eigenvalue weighted by atomic mass is 10.1. The average molecular weight is 381 g/mol. The first-order valence-corrected chi connectivity index (χ1v) is 9.85. The van der Waals surface area contributed by atoms with E-state index in [4.69, 9.17) is 0 Å². The van der Waals surface area contributed by atoms with Gasteiger partial charge in [0.2, 0.25) is 0 Å². The molecule has 3 rings (SSSR count). The van der Waals surface area contributed by atoms with Gasteiger partial charge in [0.25, 0.3) is 11.8 Å². The second kappa shape index (κ2) is 8.15. The quantitative estimate of drug-likeness (QED) is 0.834. The Morgan fingerprint density at radius 1 is 1.11 bits per heavy atom. The number of anilines is 2. The molecule has 0 spiro atoms. The number of hydrogen-bond donors (Lipinski definition) is 2. The molecule has 0 saturated heterocycles. The minimum absolute atomic E-state index is 0.0606. The molecule has 0 aliphatic carbocycles. The zero-order chi connectivity index (χ0) is 20.4.